The maximum atomic E-state index is 12.5. The van der Waals surface area contributed by atoms with E-state index in [9.17, 15) is 14.7 Å². The summed E-state index contributed by atoms with van der Waals surface area (Å²) in [5, 5.41) is 12.5. The molecule has 0 aliphatic heterocycles. The molecular weight excluding hydrogens is 839 g/mol. The lowest BCUT2D eigenvalue weighted by Crippen LogP contribution is -2.11. The molecule has 9 aromatic rings. The fourth-order valence-electron chi connectivity index (χ4n) is 9.43. The van der Waals surface area contributed by atoms with Gasteiger partial charge in [-0.1, -0.05) is 179 Å². The van der Waals surface area contributed by atoms with Crippen LogP contribution in [-0.2, 0) is 5.41 Å². The molecule has 2 heterocycles. The number of hydrogen-bond donors (Lipinski definition) is 1. The van der Waals surface area contributed by atoms with Gasteiger partial charge in [0.25, 0.3) is 0 Å². The van der Waals surface area contributed by atoms with Crippen molar-refractivity contribution in [2.24, 2.45) is 0 Å². The number of hydrogen-bond acceptors (Lipinski definition) is 3. The van der Waals surface area contributed by atoms with E-state index in [4.69, 9.17) is 9.97 Å². The van der Waals surface area contributed by atoms with Gasteiger partial charge >= 0.3 is 0 Å². The van der Waals surface area contributed by atoms with Crippen LogP contribution < -0.4 is 0 Å². The van der Waals surface area contributed by atoms with Crippen LogP contribution in [0.5, 0.6) is 5.75 Å². The second-order valence-electron chi connectivity index (χ2n) is 20.2. The first-order valence-corrected chi connectivity index (χ1v) is 23.9. The molecule has 2 aromatic heterocycles. The zero-order chi connectivity index (χ0) is 55.1. The quantitative estimate of drug-likeness (QED) is 0.141. The maximum absolute atomic E-state index is 12.5. The number of phenols is 1. The van der Waals surface area contributed by atoms with Gasteiger partial charge in [0.2, 0.25) is 0 Å². The van der Waals surface area contributed by atoms with Crippen LogP contribution in [0, 0.1) is 6.85 Å². The Morgan fingerprint density at radius 3 is 1.80 bits per heavy atom. The molecule has 0 unspecified atom stereocenters. The molecule has 0 fully saturated rings. The highest BCUT2D eigenvalue weighted by Crippen LogP contribution is 2.45. The summed E-state index contributed by atoms with van der Waals surface area (Å²) in [6.45, 7) is 17.9. The molecule has 7 aromatic carbocycles. The predicted octanol–water partition coefficient (Wildman–Crippen LogP) is 18.2. The van der Waals surface area contributed by atoms with Gasteiger partial charge in [-0.2, -0.15) is 0 Å². The molecular formula is C65H67N3O. The number of fused-ring (bicyclic) bond motifs is 1. The van der Waals surface area contributed by atoms with Gasteiger partial charge in [-0.15, -0.1) is 0 Å². The summed E-state index contributed by atoms with van der Waals surface area (Å²) in [6, 6.07) is 49.6. The van der Waals surface area contributed by atoms with E-state index in [1.807, 2.05) is 72.9 Å². The average Bonchev–Trinajstić information content (AvgIpc) is 3.79. The zero-order valence-corrected chi connectivity index (χ0v) is 41.8. The van der Waals surface area contributed by atoms with Crippen LogP contribution in [0.1, 0.15) is 143 Å². The third kappa shape index (κ3) is 9.18. The van der Waals surface area contributed by atoms with E-state index < -0.39 is 30.4 Å². The summed E-state index contributed by atoms with van der Waals surface area (Å²) < 4.78 is 66.1. The van der Waals surface area contributed by atoms with Crippen molar-refractivity contribution in [3.8, 4) is 78.6 Å². The minimum atomic E-state index is -2.69. The van der Waals surface area contributed by atoms with Crippen LogP contribution in [-0.4, -0.2) is 19.6 Å². The van der Waals surface area contributed by atoms with Gasteiger partial charge in [0, 0.05) is 26.9 Å². The highest BCUT2D eigenvalue weighted by atomic mass is 16.3. The van der Waals surface area contributed by atoms with E-state index in [-0.39, 0.29) is 33.8 Å². The van der Waals surface area contributed by atoms with Crippen molar-refractivity contribution >= 4 is 11.0 Å². The molecule has 0 bridgehead atoms. The first-order valence-electron chi connectivity index (χ1n) is 27.4. The smallest absolute Gasteiger partial charge is 0.149 e. The van der Waals surface area contributed by atoms with E-state index in [0.717, 1.165) is 50.2 Å². The second kappa shape index (κ2) is 18.8. The van der Waals surface area contributed by atoms with Crippen LogP contribution in [0.2, 0.25) is 0 Å². The molecule has 0 atom stereocenters. The number of benzene rings is 7. The van der Waals surface area contributed by atoms with Crippen LogP contribution in [0.15, 0.2) is 158 Å². The molecule has 9 rings (SSSR count). The van der Waals surface area contributed by atoms with Crippen molar-refractivity contribution in [2.45, 2.75) is 112 Å². The van der Waals surface area contributed by atoms with Crippen LogP contribution in [0.25, 0.3) is 83.9 Å². The molecule has 4 nitrogen and oxygen atoms in total. The van der Waals surface area contributed by atoms with E-state index >= 15 is 0 Å². The number of rotatable bonds is 11. The molecule has 1 N–H and O–H groups in total. The standard InChI is InChI=1S/C65H67N3O/c1-39(2)49-36-56(42(7)8)63(69)57(37-49)64-67-62-55(22-17-23-60(62)68(64)59-29-28-48(32-43(59)9)61-53(40(3)4)20-16-21-54(61)41(5)6)50-33-51(35-52(34-50)65(10,11)12)58-38-47(30-31-66-58)46-26-24-45(25-27-46)44-18-14-13-15-19-44/h13-42,69H,1-12H3/i9D3,39D,40D,41D,42D. The van der Waals surface area contributed by atoms with Crippen molar-refractivity contribution in [2.75, 3.05) is 0 Å². The second-order valence-corrected chi connectivity index (χ2v) is 20.2. The van der Waals surface area contributed by atoms with E-state index in [1.165, 1.54) is 0 Å². The normalized spacial score (nSPS) is 14.3. The highest BCUT2D eigenvalue weighted by Gasteiger charge is 2.26. The van der Waals surface area contributed by atoms with Crippen molar-refractivity contribution < 1.29 is 14.7 Å². The van der Waals surface area contributed by atoms with E-state index in [2.05, 4.69) is 81.4 Å². The molecule has 69 heavy (non-hydrogen) atoms. The number of imidazole rings is 1. The molecule has 0 radical (unpaired) electrons. The lowest BCUT2D eigenvalue weighted by Gasteiger charge is -2.22. The number of pyridine rings is 1. The Hall–Kier alpha value is -7.04. The highest BCUT2D eigenvalue weighted by molar-refractivity contribution is 5.97. The number of nitrogens with zero attached hydrogens (tertiary/aromatic N) is 3. The van der Waals surface area contributed by atoms with Gasteiger partial charge in [0.05, 0.1) is 28.0 Å². The fraction of sp³-hybridized carbons (Fsp3) is 0.262. The number of aromatic nitrogens is 3. The van der Waals surface area contributed by atoms with Crippen molar-refractivity contribution in [1.29, 1.82) is 0 Å². The van der Waals surface area contributed by atoms with Crippen LogP contribution in [0.3, 0.4) is 0 Å². The summed E-state index contributed by atoms with van der Waals surface area (Å²) in [4.78, 5) is 10.4. The predicted molar refractivity (Wildman–Crippen MR) is 293 cm³/mol. The summed E-state index contributed by atoms with van der Waals surface area (Å²) >= 11 is 0. The molecule has 0 saturated carbocycles. The molecule has 0 amide bonds. The molecule has 0 aliphatic carbocycles. The Morgan fingerprint density at radius 2 is 1.16 bits per heavy atom. The minimum Gasteiger partial charge on any atom is -0.507 e. The lowest BCUT2D eigenvalue weighted by molar-refractivity contribution is 0.466. The topological polar surface area (TPSA) is 50.9 Å². The van der Waals surface area contributed by atoms with Crippen LogP contribution in [0.4, 0.5) is 0 Å². The third-order valence-corrected chi connectivity index (χ3v) is 13.3. The maximum Gasteiger partial charge on any atom is 0.149 e. The molecule has 348 valence electrons. The Bertz CT molecular complexity index is 3620. The lowest BCUT2D eigenvalue weighted by atomic mass is 9.83. The van der Waals surface area contributed by atoms with Crippen molar-refractivity contribution in [3.63, 3.8) is 0 Å². The summed E-state index contributed by atoms with van der Waals surface area (Å²) in [6.07, 6.45) is 1.84. The summed E-state index contributed by atoms with van der Waals surface area (Å²) in [5.74, 6) is -4.58. The van der Waals surface area contributed by atoms with E-state index in [1.54, 1.807) is 84.2 Å². The zero-order valence-electron chi connectivity index (χ0n) is 48.8. The Morgan fingerprint density at radius 1 is 0.536 bits per heavy atom. The summed E-state index contributed by atoms with van der Waals surface area (Å²) in [5.41, 5.74) is 13.4. The van der Waals surface area contributed by atoms with Gasteiger partial charge in [-0.25, -0.2) is 4.98 Å². The molecule has 4 heteroatoms. The van der Waals surface area contributed by atoms with Crippen molar-refractivity contribution in [3.05, 3.63) is 191 Å². The molecule has 0 spiro atoms. The summed E-state index contributed by atoms with van der Waals surface area (Å²) in [7, 11) is 0. The molecule has 0 aliphatic rings. The number of phenolic OH excluding ortho intramolecular Hbond substituents is 1. The van der Waals surface area contributed by atoms with Gasteiger partial charge < -0.3 is 5.11 Å². The number of para-hydroxylation sites is 1. The largest absolute Gasteiger partial charge is 0.507 e. The van der Waals surface area contributed by atoms with Gasteiger partial charge in [-0.05, 0) is 157 Å². The Balaban J connectivity index is 1.32. The SMILES string of the molecule is [2H]C([2H])([2H])c1cc(-c2c(C([2H])(C)C)cccc2C([2H])(C)C)ccc1-n1c(-c2cc(C([2H])(C)C)cc(C([2H])(C)C)c2O)nc2c(-c3cc(-c4cc(-c5ccc(-c6ccccc6)cc5)ccn4)cc(C(C)(C)C)c3)cccc21. The van der Waals surface area contributed by atoms with Gasteiger partial charge in [-0.3, -0.25) is 9.55 Å². The monoisotopic (exact) mass is 913 g/mol. The molecule has 0 saturated heterocycles. The Labute approximate surface area is 420 Å². The number of aryl methyl sites for hydroxylation is 1. The van der Waals surface area contributed by atoms with Gasteiger partial charge in [0.15, 0.2) is 0 Å². The van der Waals surface area contributed by atoms with Crippen molar-refractivity contribution in [1.82, 2.24) is 14.5 Å². The third-order valence-electron chi connectivity index (χ3n) is 13.3. The average molecular weight is 913 g/mol. The first-order chi connectivity index (χ1) is 35.4. The van der Waals surface area contributed by atoms with Gasteiger partial charge in [0.1, 0.15) is 11.6 Å². The first kappa shape index (κ1) is 38.9. The minimum absolute atomic E-state index is 0.00234. The fourth-order valence-corrected chi connectivity index (χ4v) is 9.43. The Kier molecular flexibility index (Phi) is 10.6. The van der Waals surface area contributed by atoms with Crippen LogP contribution >= 0.6 is 0 Å². The number of aromatic hydroxyl groups is 1. The van der Waals surface area contributed by atoms with E-state index in [0.29, 0.717) is 44.4 Å².